The molecule has 1 radical (unpaired) electrons. The van der Waals surface area contributed by atoms with Crippen molar-refractivity contribution in [2.45, 2.75) is 4.90 Å². The normalized spacial score (nSPS) is 11.3. The fourth-order valence-electron chi connectivity index (χ4n) is 2.20. The van der Waals surface area contributed by atoms with Crippen molar-refractivity contribution in [3.05, 3.63) is 78.4 Å². The summed E-state index contributed by atoms with van der Waals surface area (Å²) >= 11 is 0. The van der Waals surface area contributed by atoms with E-state index in [1.54, 1.807) is 30.3 Å². The van der Waals surface area contributed by atoms with E-state index in [2.05, 4.69) is 10.8 Å². The quantitative estimate of drug-likeness (QED) is 0.809. The molecule has 0 heterocycles. The molecule has 1 N–H and O–H groups in total. The smallest absolute Gasteiger partial charge is 0.264 e. The summed E-state index contributed by atoms with van der Waals surface area (Å²) in [5, 5.41) is 1.37. The molecule has 0 saturated carbocycles. The van der Waals surface area contributed by atoms with Crippen LogP contribution >= 0.6 is 0 Å². The van der Waals surface area contributed by atoms with Crippen LogP contribution < -0.4 is 4.72 Å². The van der Waals surface area contributed by atoms with Crippen molar-refractivity contribution in [2.75, 3.05) is 0 Å². The average Bonchev–Trinajstić information content (AvgIpc) is 2.54. The molecule has 3 aromatic rings. The number of rotatable bonds is 3. The van der Waals surface area contributed by atoms with Gasteiger partial charge in [0.25, 0.3) is 15.9 Å². The number of nitrogens with one attached hydrogen (secondary N) is 1. The maximum Gasteiger partial charge on any atom is 0.264 e. The van der Waals surface area contributed by atoms with Gasteiger partial charge < -0.3 is 0 Å². The molecule has 4 nitrogen and oxygen atoms in total. The predicted molar refractivity (Wildman–Crippen MR) is 83.9 cm³/mol. The number of carbonyl (C=O) groups excluding carboxylic acids is 1. The Kier molecular flexibility index (Phi) is 3.65. The first-order valence-corrected chi connectivity index (χ1v) is 8.07. The molecule has 0 aromatic heterocycles. The van der Waals surface area contributed by atoms with Crippen molar-refractivity contribution < 1.29 is 13.2 Å². The van der Waals surface area contributed by atoms with Crippen LogP contribution in [0.1, 0.15) is 10.4 Å². The number of benzene rings is 3. The van der Waals surface area contributed by atoms with E-state index in [0.29, 0.717) is 5.39 Å². The first-order chi connectivity index (χ1) is 10.6. The lowest BCUT2D eigenvalue weighted by atomic mass is 10.1. The van der Waals surface area contributed by atoms with Gasteiger partial charge in [-0.05, 0) is 29.7 Å². The molecule has 0 aliphatic carbocycles. The summed E-state index contributed by atoms with van der Waals surface area (Å²) in [6.07, 6.45) is 0. The van der Waals surface area contributed by atoms with Crippen LogP contribution in [-0.4, -0.2) is 14.3 Å². The SMILES string of the molecule is O=C(NS(=O)(=O)c1cccc2ccccc12)c1cc[c]cc1. The molecule has 22 heavy (non-hydrogen) atoms. The van der Waals surface area contributed by atoms with Gasteiger partial charge >= 0.3 is 0 Å². The van der Waals surface area contributed by atoms with Crippen molar-refractivity contribution >= 4 is 26.7 Å². The molecule has 0 aliphatic rings. The third kappa shape index (κ3) is 2.71. The van der Waals surface area contributed by atoms with Crippen LogP contribution in [0.3, 0.4) is 0 Å². The van der Waals surface area contributed by atoms with Crippen LogP contribution in [0.25, 0.3) is 10.8 Å². The zero-order valence-electron chi connectivity index (χ0n) is 11.5. The Hall–Kier alpha value is -2.66. The average molecular weight is 310 g/mol. The molecule has 109 valence electrons. The van der Waals surface area contributed by atoms with Crippen LogP contribution in [0.15, 0.2) is 71.6 Å². The minimum absolute atomic E-state index is 0.0847. The summed E-state index contributed by atoms with van der Waals surface area (Å²) in [6.45, 7) is 0. The zero-order valence-corrected chi connectivity index (χ0v) is 12.3. The number of carbonyl (C=O) groups is 1. The highest BCUT2D eigenvalue weighted by Gasteiger charge is 2.20. The van der Waals surface area contributed by atoms with Crippen molar-refractivity contribution in [3.8, 4) is 0 Å². The highest BCUT2D eigenvalue weighted by atomic mass is 32.2. The number of sulfonamides is 1. The van der Waals surface area contributed by atoms with E-state index in [1.165, 1.54) is 18.2 Å². The van der Waals surface area contributed by atoms with Gasteiger partial charge in [0.15, 0.2) is 0 Å². The molecule has 5 heteroatoms. The highest BCUT2D eigenvalue weighted by molar-refractivity contribution is 7.90. The van der Waals surface area contributed by atoms with E-state index in [9.17, 15) is 13.2 Å². The van der Waals surface area contributed by atoms with Gasteiger partial charge in [-0.25, -0.2) is 13.1 Å². The predicted octanol–water partition coefficient (Wildman–Crippen LogP) is 2.76. The second kappa shape index (κ2) is 5.61. The Morgan fingerprint density at radius 3 is 2.36 bits per heavy atom. The van der Waals surface area contributed by atoms with Crippen LogP contribution in [-0.2, 0) is 10.0 Å². The van der Waals surface area contributed by atoms with Gasteiger partial charge in [0.1, 0.15) is 0 Å². The number of hydrogen-bond donors (Lipinski definition) is 1. The molecule has 1 amide bonds. The molecule has 0 atom stereocenters. The lowest BCUT2D eigenvalue weighted by Crippen LogP contribution is -2.30. The highest BCUT2D eigenvalue weighted by Crippen LogP contribution is 2.22. The van der Waals surface area contributed by atoms with Crippen LogP contribution in [0, 0.1) is 6.07 Å². The van der Waals surface area contributed by atoms with E-state index in [1.807, 2.05) is 18.2 Å². The molecule has 0 unspecified atom stereocenters. The Morgan fingerprint density at radius 1 is 0.909 bits per heavy atom. The fraction of sp³-hybridized carbons (Fsp3) is 0. The molecule has 3 rings (SSSR count). The maximum absolute atomic E-state index is 12.5. The van der Waals surface area contributed by atoms with E-state index < -0.39 is 15.9 Å². The third-order valence-corrected chi connectivity index (χ3v) is 4.64. The minimum atomic E-state index is -3.94. The minimum Gasteiger partial charge on any atom is -0.268 e. The molecule has 0 fully saturated rings. The lowest BCUT2D eigenvalue weighted by molar-refractivity contribution is 0.0981. The van der Waals surface area contributed by atoms with E-state index in [0.717, 1.165) is 5.39 Å². The monoisotopic (exact) mass is 310 g/mol. The van der Waals surface area contributed by atoms with Crippen molar-refractivity contribution in [2.24, 2.45) is 0 Å². The Balaban J connectivity index is 2.01. The van der Waals surface area contributed by atoms with Crippen molar-refractivity contribution in [1.29, 1.82) is 0 Å². The van der Waals surface area contributed by atoms with Gasteiger partial charge in [0.2, 0.25) is 0 Å². The van der Waals surface area contributed by atoms with Gasteiger partial charge in [-0.2, -0.15) is 0 Å². The van der Waals surface area contributed by atoms with E-state index in [-0.39, 0.29) is 10.5 Å². The molecular formula is C17H12NO3S. The first-order valence-electron chi connectivity index (χ1n) is 6.59. The maximum atomic E-state index is 12.5. The van der Waals surface area contributed by atoms with Gasteiger partial charge in [0, 0.05) is 10.9 Å². The third-order valence-electron chi connectivity index (χ3n) is 3.25. The van der Waals surface area contributed by atoms with Crippen molar-refractivity contribution in [1.82, 2.24) is 4.72 Å². The van der Waals surface area contributed by atoms with E-state index >= 15 is 0 Å². The number of fused-ring (bicyclic) bond motifs is 1. The van der Waals surface area contributed by atoms with Crippen molar-refractivity contribution in [3.63, 3.8) is 0 Å². The molecular weight excluding hydrogens is 298 g/mol. The summed E-state index contributed by atoms with van der Waals surface area (Å²) in [4.78, 5) is 12.2. The second-order valence-electron chi connectivity index (χ2n) is 4.70. The summed E-state index contributed by atoms with van der Waals surface area (Å²) in [5.74, 6) is -0.665. The van der Waals surface area contributed by atoms with Crippen LogP contribution in [0.5, 0.6) is 0 Å². The Bertz CT molecular complexity index is 929. The van der Waals surface area contributed by atoms with Gasteiger partial charge in [-0.3, -0.25) is 4.79 Å². The second-order valence-corrected chi connectivity index (χ2v) is 6.35. The largest absolute Gasteiger partial charge is 0.268 e. The summed E-state index contributed by atoms with van der Waals surface area (Å²) in [5.41, 5.74) is 0.266. The summed E-state index contributed by atoms with van der Waals surface area (Å²) in [7, 11) is -3.94. The van der Waals surface area contributed by atoms with E-state index in [4.69, 9.17) is 0 Å². The molecule has 3 aromatic carbocycles. The topological polar surface area (TPSA) is 63.2 Å². The number of hydrogen-bond acceptors (Lipinski definition) is 3. The Morgan fingerprint density at radius 2 is 1.59 bits per heavy atom. The Labute approximate surface area is 128 Å². The molecule has 0 saturated heterocycles. The molecule has 0 aliphatic heterocycles. The summed E-state index contributed by atoms with van der Waals surface area (Å²) < 4.78 is 27.1. The molecule has 0 bridgehead atoms. The lowest BCUT2D eigenvalue weighted by Gasteiger charge is -2.09. The first kappa shape index (κ1) is 14.3. The van der Waals surface area contributed by atoms with Crippen LogP contribution in [0.4, 0.5) is 0 Å². The van der Waals surface area contributed by atoms with Gasteiger partial charge in [0.05, 0.1) is 4.90 Å². The van der Waals surface area contributed by atoms with Crippen LogP contribution in [0.2, 0.25) is 0 Å². The number of amides is 1. The molecule has 0 spiro atoms. The standard InChI is InChI=1S/C17H12NO3S/c19-17(14-8-2-1-3-9-14)18-22(20,21)16-12-6-10-13-7-4-5-11-15(13)16/h2-12H,(H,18,19). The van der Waals surface area contributed by atoms with Gasteiger partial charge in [-0.1, -0.05) is 48.5 Å². The van der Waals surface area contributed by atoms with Gasteiger partial charge in [-0.15, -0.1) is 0 Å². The fourth-order valence-corrected chi connectivity index (χ4v) is 3.41. The summed E-state index contributed by atoms with van der Waals surface area (Å²) in [6, 6.07) is 21.0. The zero-order chi connectivity index (χ0) is 15.6.